The Hall–Kier alpha value is -2.83. The molecule has 0 atom stereocenters. The van der Waals surface area contributed by atoms with Crippen LogP contribution < -0.4 is 14.5 Å². The van der Waals surface area contributed by atoms with Crippen LogP contribution in [-0.2, 0) is 0 Å². The maximum Gasteiger partial charge on any atom is 0.272 e. The molecule has 0 bridgehead atoms. The molecule has 1 saturated heterocycles. The number of benzene rings is 1. The van der Waals surface area contributed by atoms with Gasteiger partial charge in [-0.15, -0.1) is 0 Å². The third kappa shape index (κ3) is 4.13. The molecule has 0 unspecified atom stereocenters. The Balaban J connectivity index is 1.69. The van der Waals surface area contributed by atoms with E-state index in [0.717, 1.165) is 37.6 Å². The zero-order valence-electron chi connectivity index (χ0n) is 16.3. The molecule has 1 aliphatic heterocycles. The number of hydrogen-bond donors (Lipinski definition) is 0. The van der Waals surface area contributed by atoms with E-state index in [9.17, 15) is 4.79 Å². The molecule has 0 aliphatic carbocycles. The molecule has 7 nitrogen and oxygen atoms in total. The highest BCUT2D eigenvalue weighted by Crippen LogP contribution is 2.28. The zero-order valence-corrected chi connectivity index (χ0v) is 16.3. The highest BCUT2D eigenvalue weighted by Gasteiger charge is 2.22. The Morgan fingerprint density at radius 1 is 1.07 bits per heavy atom. The van der Waals surface area contributed by atoms with Gasteiger partial charge in [0.2, 0.25) is 5.95 Å². The van der Waals surface area contributed by atoms with Gasteiger partial charge in [-0.1, -0.05) is 12.1 Å². The molecule has 0 spiro atoms. The topological polar surface area (TPSA) is 61.8 Å². The Kier molecular flexibility index (Phi) is 6.11. The molecule has 0 radical (unpaired) electrons. The molecule has 1 fully saturated rings. The van der Waals surface area contributed by atoms with Gasteiger partial charge in [0.05, 0.1) is 12.8 Å². The van der Waals surface area contributed by atoms with Crippen LogP contribution in [0, 0.1) is 0 Å². The lowest BCUT2D eigenvalue weighted by atomic mass is 10.2. The van der Waals surface area contributed by atoms with E-state index in [0.29, 0.717) is 24.7 Å². The number of ether oxygens (including phenoxy) is 1. The Bertz CT molecular complexity index is 770. The third-order valence-corrected chi connectivity index (χ3v) is 4.90. The first-order chi connectivity index (χ1) is 13.2. The Labute approximate surface area is 160 Å². The summed E-state index contributed by atoms with van der Waals surface area (Å²) in [6, 6.07) is 9.75. The number of nitrogens with zero attached hydrogens (tertiary/aromatic N) is 5. The van der Waals surface area contributed by atoms with Gasteiger partial charge in [-0.05, 0) is 32.0 Å². The summed E-state index contributed by atoms with van der Waals surface area (Å²) in [4.78, 5) is 27.7. The van der Waals surface area contributed by atoms with Gasteiger partial charge in [-0.2, -0.15) is 0 Å². The lowest BCUT2D eigenvalue weighted by Crippen LogP contribution is -2.47. The molecule has 2 aromatic rings. The summed E-state index contributed by atoms with van der Waals surface area (Å²) < 4.78 is 5.47. The van der Waals surface area contributed by atoms with Crippen LogP contribution in [0.25, 0.3) is 0 Å². The number of aromatic nitrogens is 2. The number of piperazine rings is 1. The third-order valence-electron chi connectivity index (χ3n) is 4.90. The fourth-order valence-corrected chi connectivity index (χ4v) is 3.33. The summed E-state index contributed by atoms with van der Waals surface area (Å²) in [5.41, 5.74) is 1.56. The summed E-state index contributed by atoms with van der Waals surface area (Å²) in [6.07, 6.45) is 1.67. The van der Waals surface area contributed by atoms with E-state index in [2.05, 4.69) is 25.8 Å². The fraction of sp³-hybridized carbons (Fsp3) is 0.450. The van der Waals surface area contributed by atoms with Crippen molar-refractivity contribution in [3.63, 3.8) is 0 Å². The smallest absolute Gasteiger partial charge is 0.272 e. The van der Waals surface area contributed by atoms with Gasteiger partial charge in [0.15, 0.2) is 0 Å². The summed E-state index contributed by atoms with van der Waals surface area (Å²) in [5.74, 6) is 1.46. The lowest BCUT2D eigenvalue weighted by Gasteiger charge is -2.36. The van der Waals surface area contributed by atoms with E-state index in [4.69, 9.17) is 4.74 Å². The number of carbonyl (C=O) groups excluding carboxylic acids is 1. The average Bonchev–Trinajstić information content (AvgIpc) is 2.74. The van der Waals surface area contributed by atoms with Gasteiger partial charge in [0.1, 0.15) is 11.4 Å². The molecule has 7 heteroatoms. The first kappa shape index (κ1) is 18.9. The standard InChI is InChI=1S/C20H27N5O2/c1-4-23(5-2)19(26)16-10-11-21-20(22-16)25-14-12-24(13-15-25)17-8-6-7-9-18(17)27-3/h6-11H,4-5,12-15H2,1-3H3. The van der Waals surface area contributed by atoms with Gasteiger partial charge in [0, 0.05) is 45.5 Å². The second-order valence-electron chi connectivity index (χ2n) is 6.37. The van der Waals surface area contributed by atoms with Gasteiger partial charge in [0.25, 0.3) is 5.91 Å². The van der Waals surface area contributed by atoms with Crippen molar-refractivity contribution in [2.75, 3.05) is 56.2 Å². The molecule has 1 aromatic heterocycles. The Morgan fingerprint density at radius 3 is 2.41 bits per heavy atom. The second-order valence-corrected chi connectivity index (χ2v) is 6.37. The first-order valence-corrected chi connectivity index (χ1v) is 9.43. The summed E-state index contributed by atoms with van der Waals surface area (Å²) in [7, 11) is 1.70. The lowest BCUT2D eigenvalue weighted by molar-refractivity contribution is 0.0767. The number of rotatable bonds is 6. The zero-order chi connectivity index (χ0) is 19.2. The van der Waals surface area contributed by atoms with Crippen molar-refractivity contribution >= 4 is 17.5 Å². The van der Waals surface area contributed by atoms with E-state index in [1.807, 2.05) is 32.0 Å². The van der Waals surface area contributed by atoms with Crippen molar-refractivity contribution in [3.8, 4) is 5.75 Å². The van der Waals surface area contributed by atoms with Crippen LogP contribution in [-0.4, -0.2) is 67.2 Å². The van der Waals surface area contributed by atoms with E-state index in [1.54, 1.807) is 24.3 Å². The predicted molar refractivity (Wildman–Crippen MR) is 107 cm³/mol. The van der Waals surface area contributed by atoms with Gasteiger partial charge in [-0.25, -0.2) is 9.97 Å². The van der Waals surface area contributed by atoms with E-state index in [-0.39, 0.29) is 5.91 Å². The quantitative estimate of drug-likeness (QED) is 0.779. The average molecular weight is 369 g/mol. The van der Waals surface area contributed by atoms with Crippen molar-refractivity contribution in [3.05, 3.63) is 42.2 Å². The van der Waals surface area contributed by atoms with Crippen LogP contribution >= 0.6 is 0 Å². The SMILES string of the molecule is CCN(CC)C(=O)c1ccnc(N2CCN(c3ccccc3OC)CC2)n1. The number of hydrogen-bond acceptors (Lipinski definition) is 6. The highest BCUT2D eigenvalue weighted by atomic mass is 16.5. The molecule has 1 aromatic carbocycles. The first-order valence-electron chi connectivity index (χ1n) is 9.43. The van der Waals surface area contributed by atoms with E-state index >= 15 is 0 Å². The maximum absolute atomic E-state index is 12.5. The molecule has 27 heavy (non-hydrogen) atoms. The van der Waals surface area contributed by atoms with Crippen molar-refractivity contribution < 1.29 is 9.53 Å². The van der Waals surface area contributed by atoms with Crippen molar-refractivity contribution in [2.24, 2.45) is 0 Å². The van der Waals surface area contributed by atoms with Gasteiger partial charge < -0.3 is 19.4 Å². The van der Waals surface area contributed by atoms with Gasteiger partial charge >= 0.3 is 0 Å². The van der Waals surface area contributed by atoms with Crippen LogP contribution in [0.15, 0.2) is 36.5 Å². The maximum atomic E-state index is 12.5. The fourth-order valence-electron chi connectivity index (χ4n) is 3.33. The summed E-state index contributed by atoms with van der Waals surface area (Å²) in [5, 5.41) is 0. The van der Waals surface area contributed by atoms with Crippen molar-refractivity contribution in [1.82, 2.24) is 14.9 Å². The number of para-hydroxylation sites is 2. The van der Waals surface area contributed by atoms with Gasteiger partial charge in [-0.3, -0.25) is 4.79 Å². The minimum atomic E-state index is -0.0451. The van der Waals surface area contributed by atoms with Crippen LogP contribution in [0.2, 0.25) is 0 Å². The number of anilines is 2. The Morgan fingerprint density at radius 2 is 1.74 bits per heavy atom. The van der Waals surface area contributed by atoms with Crippen LogP contribution in [0.5, 0.6) is 5.75 Å². The number of methoxy groups -OCH3 is 1. The molecule has 144 valence electrons. The molecule has 1 aliphatic rings. The normalized spacial score (nSPS) is 14.2. The highest BCUT2D eigenvalue weighted by molar-refractivity contribution is 5.92. The minimum absolute atomic E-state index is 0.0451. The number of carbonyl (C=O) groups is 1. The molecule has 1 amide bonds. The van der Waals surface area contributed by atoms with Crippen LogP contribution in [0.1, 0.15) is 24.3 Å². The number of amides is 1. The molecule has 3 rings (SSSR count). The van der Waals surface area contributed by atoms with Crippen molar-refractivity contribution in [2.45, 2.75) is 13.8 Å². The van der Waals surface area contributed by atoms with Crippen LogP contribution in [0.3, 0.4) is 0 Å². The molecular formula is C20H27N5O2. The van der Waals surface area contributed by atoms with Crippen molar-refractivity contribution in [1.29, 1.82) is 0 Å². The minimum Gasteiger partial charge on any atom is -0.495 e. The van der Waals surface area contributed by atoms with E-state index < -0.39 is 0 Å². The molecule has 2 heterocycles. The summed E-state index contributed by atoms with van der Waals surface area (Å²) in [6.45, 7) is 8.57. The monoisotopic (exact) mass is 369 g/mol. The van der Waals surface area contributed by atoms with E-state index in [1.165, 1.54) is 0 Å². The second kappa shape index (κ2) is 8.70. The largest absolute Gasteiger partial charge is 0.495 e. The molecule has 0 saturated carbocycles. The molecular weight excluding hydrogens is 342 g/mol. The summed E-state index contributed by atoms with van der Waals surface area (Å²) >= 11 is 0. The predicted octanol–water partition coefficient (Wildman–Crippen LogP) is 2.29. The molecule has 0 N–H and O–H groups in total. The van der Waals surface area contributed by atoms with Crippen LogP contribution in [0.4, 0.5) is 11.6 Å².